The molecular weight excluding hydrogens is 587 g/mol. The zero-order valence-corrected chi connectivity index (χ0v) is 24.0. The minimum atomic E-state index is -4.86. The van der Waals surface area contributed by atoms with Gasteiger partial charge < -0.3 is 24.5 Å². The third kappa shape index (κ3) is 6.24. The fraction of sp³-hybridized carbons (Fsp3) is 0.433. The quantitative estimate of drug-likeness (QED) is 0.353. The number of carboxylic acid groups (broad SMARTS) is 1. The smallest absolute Gasteiger partial charge is 0.433 e. The molecule has 13 heteroatoms. The molecule has 1 amide bonds. The summed E-state index contributed by atoms with van der Waals surface area (Å²) in [6, 6.07) is 12.9. The Bertz CT molecular complexity index is 1500. The van der Waals surface area contributed by atoms with Gasteiger partial charge >= 0.3 is 18.2 Å². The van der Waals surface area contributed by atoms with Crippen molar-refractivity contribution in [2.24, 2.45) is 0 Å². The van der Waals surface area contributed by atoms with Gasteiger partial charge in [-0.1, -0.05) is 29.8 Å². The van der Waals surface area contributed by atoms with Gasteiger partial charge in [0.15, 0.2) is 5.69 Å². The SMILES string of the molecule is O=C(O)c1cnn(C2CCCN(c3cc(Cl)ccc3-c3ccc(N4CCN(C(=O)OC5CC5)CC4)cc3)C2)c1C(F)(F)F. The average molecular weight is 618 g/mol. The standard InChI is InChI=1S/C30H31ClF3N5O4/c31-20-5-10-24(19-3-6-21(7-4-19)36-12-14-37(15-13-36)29(42)43-23-8-9-23)26(16-20)38-11-1-2-22(18-38)39-27(30(32,33)34)25(17-35-39)28(40)41/h3-7,10,16-17,22-23H,1-2,8-9,11-15,18H2,(H,40,41). The number of aromatic nitrogens is 2. The van der Waals surface area contributed by atoms with Gasteiger partial charge in [-0.2, -0.15) is 18.3 Å². The Hall–Kier alpha value is -3.93. The molecule has 3 aromatic rings. The van der Waals surface area contributed by atoms with Crippen molar-refractivity contribution >= 4 is 35.0 Å². The van der Waals surface area contributed by atoms with E-state index in [0.29, 0.717) is 50.6 Å². The second-order valence-electron chi connectivity index (χ2n) is 11.2. The van der Waals surface area contributed by atoms with E-state index in [4.69, 9.17) is 16.3 Å². The predicted octanol–water partition coefficient (Wildman–Crippen LogP) is 6.18. The van der Waals surface area contributed by atoms with Gasteiger partial charge in [-0.25, -0.2) is 9.59 Å². The molecule has 1 N–H and O–H groups in total. The summed E-state index contributed by atoms with van der Waals surface area (Å²) < 4.78 is 47.9. The van der Waals surface area contributed by atoms with Gasteiger partial charge in [-0.15, -0.1) is 0 Å². The van der Waals surface area contributed by atoms with E-state index < -0.39 is 29.4 Å². The number of hydrogen-bond acceptors (Lipinski definition) is 6. The lowest BCUT2D eigenvalue weighted by molar-refractivity contribution is -0.145. The first-order chi connectivity index (χ1) is 20.6. The molecule has 1 atom stereocenters. The highest BCUT2D eigenvalue weighted by atomic mass is 35.5. The molecule has 1 saturated carbocycles. The second kappa shape index (κ2) is 11.6. The van der Waals surface area contributed by atoms with Gasteiger partial charge in [0.05, 0.1) is 12.2 Å². The number of amides is 1. The highest BCUT2D eigenvalue weighted by molar-refractivity contribution is 6.31. The normalized spacial score (nSPS) is 19.4. The lowest BCUT2D eigenvalue weighted by Gasteiger charge is -2.36. The van der Waals surface area contributed by atoms with E-state index in [2.05, 4.69) is 10.00 Å². The third-order valence-corrected chi connectivity index (χ3v) is 8.45. The fourth-order valence-electron chi connectivity index (χ4n) is 5.86. The molecule has 6 rings (SSSR count). The van der Waals surface area contributed by atoms with E-state index in [0.717, 1.165) is 46.2 Å². The molecular formula is C30H31ClF3N5O4. The van der Waals surface area contributed by atoms with Crippen LogP contribution in [0.1, 0.15) is 47.8 Å². The van der Waals surface area contributed by atoms with Crippen molar-refractivity contribution in [3.05, 3.63) is 64.9 Å². The van der Waals surface area contributed by atoms with E-state index in [1.807, 2.05) is 41.3 Å². The molecule has 3 heterocycles. The van der Waals surface area contributed by atoms with Crippen LogP contribution in [-0.2, 0) is 10.9 Å². The molecule has 1 aromatic heterocycles. The van der Waals surface area contributed by atoms with Crippen LogP contribution in [0.4, 0.5) is 29.3 Å². The maximum absolute atomic E-state index is 13.9. The van der Waals surface area contributed by atoms with E-state index in [-0.39, 0.29) is 18.7 Å². The number of carbonyl (C=O) groups is 2. The number of rotatable bonds is 6. The van der Waals surface area contributed by atoms with Crippen LogP contribution in [-0.4, -0.2) is 77.2 Å². The summed E-state index contributed by atoms with van der Waals surface area (Å²) in [5, 5.41) is 13.7. The molecule has 2 aromatic carbocycles. The van der Waals surface area contributed by atoms with Crippen molar-refractivity contribution in [3.63, 3.8) is 0 Å². The first kappa shape index (κ1) is 29.2. The molecule has 43 heavy (non-hydrogen) atoms. The maximum Gasteiger partial charge on any atom is 0.433 e. The Balaban J connectivity index is 1.19. The summed E-state index contributed by atoms with van der Waals surface area (Å²) >= 11 is 6.39. The lowest BCUT2D eigenvalue weighted by atomic mass is 9.99. The number of nitrogens with zero attached hydrogens (tertiary/aromatic N) is 5. The number of carboxylic acids is 1. The molecule has 2 aliphatic heterocycles. The number of carbonyl (C=O) groups excluding carboxylic acids is 1. The van der Waals surface area contributed by atoms with Crippen LogP contribution in [0, 0.1) is 0 Å². The molecule has 0 radical (unpaired) electrons. The van der Waals surface area contributed by atoms with Gasteiger partial charge in [0, 0.05) is 61.2 Å². The monoisotopic (exact) mass is 617 g/mol. The number of ether oxygens (including phenoxy) is 1. The number of piperidine rings is 1. The van der Waals surface area contributed by atoms with Crippen molar-refractivity contribution in [3.8, 4) is 11.1 Å². The Morgan fingerprint density at radius 3 is 2.33 bits per heavy atom. The molecule has 2 saturated heterocycles. The Labute approximate surface area is 251 Å². The average Bonchev–Trinajstić information content (AvgIpc) is 3.68. The fourth-order valence-corrected chi connectivity index (χ4v) is 6.03. The number of benzene rings is 2. The molecule has 228 valence electrons. The lowest BCUT2D eigenvalue weighted by Crippen LogP contribution is -2.49. The van der Waals surface area contributed by atoms with Crippen LogP contribution >= 0.6 is 11.6 Å². The number of piperazine rings is 1. The van der Waals surface area contributed by atoms with Crippen molar-refractivity contribution in [1.29, 1.82) is 0 Å². The summed E-state index contributed by atoms with van der Waals surface area (Å²) in [4.78, 5) is 29.7. The number of halogens is 4. The van der Waals surface area contributed by atoms with Crippen LogP contribution in [0.3, 0.4) is 0 Å². The van der Waals surface area contributed by atoms with E-state index in [1.54, 1.807) is 11.0 Å². The van der Waals surface area contributed by atoms with Crippen LogP contribution < -0.4 is 9.80 Å². The first-order valence-electron chi connectivity index (χ1n) is 14.3. The third-order valence-electron chi connectivity index (χ3n) is 8.21. The zero-order chi connectivity index (χ0) is 30.3. The van der Waals surface area contributed by atoms with Gasteiger partial charge in [0.2, 0.25) is 0 Å². The second-order valence-corrected chi connectivity index (χ2v) is 11.6. The van der Waals surface area contributed by atoms with Gasteiger partial charge in [0.1, 0.15) is 11.7 Å². The maximum atomic E-state index is 13.9. The molecule has 1 aliphatic carbocycles. The summed E-state index contributed by atoms with van der Waals surface area (Å²) in [6.07, 6.45) is -1.33. The summed E-state index contributed by atoms with van der Waals surface area (Å²) in [7, 11) is 0. The molecule has 9 nitrogen and oxygen atoms in total. The van der Waals surface area contributed by atoms with Crippen molar-refractivity contribution in [2.45, 2.75) is 44.0 Å². The van der Waals surface area contributed by atoms with E-state index in [1.165, 1.54) is 0 Å². The van der Waals surface area contributed by atoms with Crippen LogP contribution in [0.5, 0.6) is 0 Å². The number of anilines is 2. The Kier molecular flexibility index (Phi) is 7.89. The highest BCUT2D eigenvalue weighted by Crippen LogP contribution is 2.39. The number of hydrogen-bond donors (Lipinski definition) is 1. The highest BCUT2D eigenvalue weighted by Gasteiger charge is 2.42. The topological polar surface area (TPSA) is 91.1 Å². The van der Waals surface area contributed by atoms with Crippen molar-refractivity contribution in [1.82, 2.24) is 14.7 Å². The van der Waals surface area contributed by atoms with E-state index >= 15 is 0 Å². The Morgan fingerprint density at radius 1 is 0.953 bits per heavy atom. The molecule has 1 unspecified atom stereocenters. The minimum Gasteiger partial charge on any atom is -0.478 e. The summed E-state index contributed by atoms with van der Waals surface area (Å²) in [6.45, 7) is 3.37. The van der Waals surface area contributed by atoms with Crippen LogP contribution in [0.2, 0.25) is 5.02 Å². The first-order valence-corrected chi connectivity index (χ1v) is 14.7. The predicted molar refractivity (Wildman–Crippen MR) is 155 cm³/mol. The Morgan fingerprint density at radius 2 is 1.67 bits per heavy atom. The van der Waals surface area contributed by atoms with Gasteiger partial charge in [0.25, 0.3) is 0 Å². The van der Waals surface area contributed by atoms with Crippen molar-refractivity contribution in [2.75, 3.05) is 49.1 Å². The van der Waals surface area contributed by atoms with E-state index in [9.17, 15) is 27.9 Å². The summed E-state index contributed by atoms with van der Waals surface area (Å²) in [5.74, 6) is -1.66. The van der Waals surface area contributed by atoms with Gasteiger partial charge in [-0.05, 0) is 55.5 Å². The van der Waals surface area contributed by atoms with Gasteiger partial charge in [-0.3, -0.25) is 4.68 Å². The van der Waals surface area contributed by atoms with Crippen molar-refractivity contribution < 1.29 is 32.6 Å². The molecule has 0 spiro atoms. The zero-order valence-electron chi connectivity index (χ0n) is 23.3. The number of alkyl halides is 3. The molecule has 3 fully saturated rings. The van der Waals surface area contributed by atoms with Crippen LogP contribution in [0.15, 0.2) is 48.7 Å². The largest absolute Gasteiger partial charge is 0.478 e. The molecule has 0 bridgehead atoms. The minimum absolute atomic E-state index is 0.0827. The van der Waals surface area contributed by atoms with Crippen LogP contribution in [0.25, 0.3) is 11.1 Å². The molecule has 3 aliphatic rings. The summed E-state index contributed by atoms with van der Waals surface area (Å²) in [5.41, 5.74) is 1.52. The number of aromatic carboxylic acids is 1.